The second kappa shape index (κ2) is 10.8. The molecule has 1 amide bonds. The number of hydrazone groups is 1. The molecular weight excluding hydrogens is 338 g/mol. The average Bonchev–Trinajstić information content (AvgIpc) is 2.61. The topological polar surface area (TPSA) is 78.0 Å². The molecule has 7 nitrogen and oxygen atoms in total. The molecule has 1 aromatic carbocycles. The van der Waals surface area contributed by atoms with Crippen LogP contribution in [0.3, 0.4) is 0 Å². The Balaban J connectivity index is 1.60. The van der Waals surface area contributed by atoms with Gasteiger partial charge in [-0.15, -0.1) is 0 Å². The SMILES string of the molecule is CC(=O)Nc1ccc(/C=N\NC(=S)NCCCN2CCOCC2)cc1. The van der Waals surface area contributed by atoms with Crippen LogP contribution in [0.4, 0.5) is 5.69 Å². The smallest absolute Gasteiger partial charge is 0.221 e. The van der Waals surface area contributed by atoms with Gasteiger partial charge in [0.05, 0.1) is 19.4 Å². The summed E-state index contributed by atoms with van der Waals surface area (Å²) in [6.45, 7) is 7.00. The summed E-state index contributed by atoms with van der Waals surface area (Å²) >= 11 is 5.19. The van der Waals surface area contributed by atoms with Crippen LogP contribution < -0.4 is 16.1 Å². The summed E-state index contributed by atoms with van der Waals surface area (Å²) in [5, 5.41) is 10.5. The van der Waals surface area contributed by atoms with Crippen LogP contribution >= 0.6 is 12.2 Å². The van der Waals surface area contributed by atoms with Gasteiger partial charge in [0.15, 0.2) is 5.11 Å². The highest BCUT2D eigenvalue weighted by molar-refractivity contribution is 7.80. The van der Waals surface area contributed by atoms with E-state index in [4.69, 9.17) is 17.0 Å². The van der Waals surface area contributed by atoms with Crippen LogP contribution in [-0.4, -0.2) is 61.5 Å². The number of carbonyl (C=O) groups is 1. The normalized spacial score (nSPS) is 15.1. The van der Waals surface area contributed by atoms with E-state index in [0.29, 0.717) is 5.11 Å². The van der Waals surface area contributed by atoms with Crippen LogP contribution in [0.1, 0.15) is 18.9 Å². The van der Waals surface area contributed by atoms with Crippen molar-refractivity contribution in [2.24, 2.45) is 5.10 Å². The number of morpholine rings is 1. The molecule has 1 aromatic rings. The van der Waals surface area contributed by atoms with Crippen molar-refractivity contribution in [1.82, 2.24) is 15.6 Å². The summed E-state index contributed by atoms with van der Waals surface area (Å²) in [7, 11) is 0. The van der Waals surface area contributed by atoms with E-state index in [-0.39, 0.29) is 5.91 Å². The van der Waals surface area contributed by atoms with Crippen LogP contribution in [0.5, 0.6) is 0 Å². The van der Waals surface area contributed by atoms with Gasteiger partial charge in [-0.2, -0.15) is 5.10 Å². The zero-order valence-corrected chi connectivity index (χ0v) is 15.3. The average molecular weight is 363 g/mol. The molecule has 1 aliphatic rings. The Bertz CT molecular complexity index is 585. The second-order valence-electron chi connectivity index (χ2n) is 5.74. The molecule has 8 heteroatoms. The first-order valence-electron chi connectivity index (χ1n) is 8.38. The third kappa shape index (κ3) is 8.06. The van der Waals surface area contributed by atoms with Crippen molar-refractivity contribution in [3.8, 4) is 0 Å². The van der Waals surface area contributed by atoms with E-state index in [0.717, 1.165) is 57.1 Å². The molecule has 0 atom stereocenters. The molecule has 0 spiro atoms. The van der Waals surface area contributed by atoms with Crippen LogP contribution in [0, 0.1) is 0 Å². The van der Waals surface area contributed by atoms with Crippen molar-refractivity contribution >= 4 is 35.1 Å². The summed E-state index contributed by atoms with van der Waals surface area (Å²) in [5.41, 5.74) is 4.48. The fourth-order valence-electron chi connectivity index (χ4n) is 2.39. The lowest BCUT2D eigenvalue weighted by atomic mass is 10.2. The first-order chi connectivity index (χ1) is 12.1. The molecule has 0 radical (unpaired) electrons. The second-order valence-corrected chi connectivity index (χ2v) is 6.14. The van der Waals surface area contributed by atoms with Gasteiger partial charge in [0.1, 0.15) is 0 Å². The first-order valence-corrected chi connectivity index (χ1v) is 8.79. The predicted molar refractivity (Wildman–Crippen MR) is 104 cm³/mol. The van der Waals surface area contributed by atoms with Crippen LogP contribution in [0.25, 0.3) is 0 Å². The van der Waals surface area contributed by atoms with E-state index in [2.05, 4.69) is 26.1 Å². The number of amides is 1. The molecule has 0 bridgehead atoms. The molecule has 1 saturated heterocycles. The lowest BCUT2D eigenvalue weighted by Crippen LogP contribution is -2.39. The molecule has 0 aromatic heterocycles. The third-order valence-corrected chi connectivity index (χ3v) is 3.89. The van der Waals surface area contributed by atoms with Gasteiger partial charge in [0, 0.05) is 32.2 Å². The first kappa shape index (κ1) is 19.3. The van der Waals surface area contributed by atoms with Crippen LogP contribution in [0.2, 0.25) is 0 Å². The minimum atomic E-state index is -0.0897. The fraction of sp³-hybridized carbons (Fsp3) is 0.471. The highest BCUT2D eigenvalue weighted by Crippen LogP contribution is 2.07. The Morgan fingerprint density at radius 1 is 1.32 bits per heavy atom. The van der Waals surface area contributed by atoms with Crippen molar-refractivity contribution in [1.29, 1.82) is 0 Å². The summed E-state index contributed by atoms with van der Waals surface area (Å²) in [5.74, 6) is -0.0897. The molecule has 1 fully saturated rings. The van der Waals surface area contributed by atoms with Gasteiger partial charge in [-0.25, -0.2) is 0 Å². The lowest BCUT2D eigenvalue weighted by Gasteiger charge is -2.26. The molecule has 0 unspecified atom stereocenters. The summed E-state index contributed by atoms with van der Waals surface area (Å²) in [6.07, 6.45) is 2.70. The van der Waals surface area contributed by atoms with Crippen LogP contribution in [-0.2, 0) is 9.53 Å². The van der Waals surface area contributed by atoms with E-state index in [9.17, 15) is 4.79 Å². The largest absolute Gasteiger partial charge is 0.379 e. The zero-order valence-electron chi connectivity index (χ0n) is 14.5. The van der Waals surface area contributed by atoms with Gasteiger partial charge in [-0.05, 0) is 42.9 Å². The fourth-order valence-corrected chi connectivity index (χ4v) is 2.54. The number of anilines is 1. The maximum absolute atomic E-state index is 11.0. The van der Waals surface area contributed by atoms with Gasteiger partial charge >= 0.3 is 0 Å². The molecule has 3 N–H and O–H groups in total. The number of ether oxygens (including phenoxy) is 1. The number of hydrogen-bond acceptors (Lipinski definition) is 5. The Labute approximate surface area is 153 Å². The van der Waals surface area contributed by atoms with Crippen molar-refractivity contribution in [3.63, 3.8) is 0 Å². The molecule has 0 saturated carbocycles. The van der Waals surface area contributed by atoms with Crippen molar-refractivity contribution in [3.05, 3.63) is 29.8 Å². The number of nitrogens with one attached hydrogen (secondary N) is 3. The van der Waals surface area contributed by atoms with Gasteiger partial charge in [0.2, 0.25) is 5.91 Å². The summed E-state index contributed by atoms with van der Waals surface area (Å²) < 4.78 is 5.33. The maximum Gasteiger partial charge on any atom is 0.221 e. The number of nitrogens with zero attached hydrogens (tertiary/aromatic N) is 2. The molecule has 136 valence electrons. The van der Waals surface area contributed by atoms with Gasteiger partial charge < -0.3 is 15.4 Å². The molecule has 0 aliphatic carbocycles. The Morgan fingerprint density at radius 2 is 2.04 bits per heavy atom. The molecular formula is C17H25N5O2S. The van der Waals surface area contributed by atoms with E-state index < -0.39 is 0 Å². The number of thiocarbonyl (C=S) groups is 1. The molecule has 1 aliphatic heterocycles. The Hall–Kier alpha value is -2.03. The Kier molecular flexibility index (Phi) is 8.30. The summed E-state index contributed by atoms with van der Waals surface area (Å²) in [6, 6.07) is 7.39. The minimum absolute atomic E-state index is 0.0897. The van der Waals surface area contributed by atoms with E-state index in [1.54, 1.807) is 6.21 Å². The number of benzene rings is 1. The number of hydrogen-bond donors (Lipinski definition) is 3. The van der Waals surface area contributed by atoms with Gasteiger partial charge in [-0.3, -0.25) is 15.1 Å². The zero-order chi connectivity index (χ0) is 17.9. The van der Waals surface area contributed by atoms with Gasteiger partial charge in [-0.1, -0.05) is 12.1 Å². The standard InChI is InChI=1S/C17H25N5O2S/c1-14(23)20-16-5-3-15(4-6-16)13-19-21-17(25)18-7-2-8-22-9-11-24-12-10-22/h3-6,13H,2,7-12H2,1H3,(H,20,23)(H2,18,21,25)/b19-13-. The monoisotopic (exact) mass is 363 g/mol. The van der Waals surface area contributed by atoms with E-state index in [1.165, 1.54) is 6.92 Å². The van der Waals surface area contributed by atoms with Crippen LogP contribution in [0.15, 0.2) is 29.4 Å². The van der Waals surface area contributed by atoms with E-state index in [1.807, 2.05) is 24.3 Å². The molecule has 25 heavy (non-hydrogen) atoms. The Morgan fingerprint density at radius 3 is 2.72 bits per heavy atom. The highest BCUT2D eigenvalue weighted by Gasteiger charge is 2.08. The van der Waals surface area contributed by atoms with Crippen molar-refractivity contribution < 1.29 is 9.53 Å². The number of rotatable bonds is 7. The minimum Gasteiger partial charge on any atom is -0.379 e. The quantitative estimate of drug-likeness (QED) is 0.292. The predicted octanol–water partition coefficient (Wildman–Crippen LogP) is 1.17. The molecule has 1 heterocycles. The third-order valence-electron chi connectivity index (χ3n) is 3.65. The van der Waals surface area contributed by atoms with E-state index >= 15 is 0 Å². The van der Waals surface area contributed by atoms with Crippen molar-refractivity contribution in [2.45, 2.75) is 13.3 Å². The number of carbonyl (C=O) groups excluding carboxylic acids is 1. The molecule has 2 rings (SSSR count). The summed E-state index contributed by atoms with van der Waals surface area (Å²) in [4.78, 5) is 13.4. The maximum atomic E-state index is 11.0. The van der Waals surface area contributed by atoms with Crippen molar-refractivity contribution in [2.75, 3.05) is 44.7 Å². The van der Waals surface area contributed by atoms with Gasteiger partial charge in [0.25, 0.3) is 0 Å². The lowest BCUT2D eigenvalue weighted by molar-refractivity contribution is -0.114. The highest BCUT2D eigenvalue weighted by atomic mass is 32.1.